The Morgan fingerprint density at radius 3 is 2.08 bits per heavy atom. The van der Waals surface area contributed by atoms with Gasteiger partial charge in [0.05, 0.1) is 41.9 Å². The molecule has 53 heavy (non-hydrogen) atoms. The summed E-state index contributed by atoms with van der Waals surface area (Å²) in [5.74, 6) is 0.628. The maximum absolute atomic E-state index is 16.7. The first-order chi connectivity index (χ1) is 25.8. The molecule has 0 saturated heterocycles. The van der Waals surface area contributed by atoms with E-state index in [2.05, 4.69) is 34.9 Å². The number of halogens is 2. The molecule has 0 aliphatic rings. The van der Waals surface area contributed by atoms with Gasteiger partial charge in [0.25, 0.3) is 0 Å². The molecule has 0 bridgehead atoms. The smallest absolute Gasteiger partial charge is 0.212 e. The van der Waals surface area contributed by atoms with Crippen molar-refractivity contribution in [3.8, 4) is 17.6 Å². The summed E-state index contributed by atoms with van der Waals surface area (Å²) >= 11 is 7.26. The molecule has 8 heteroatoms. The molecule has 7 rings (SSSR count). The molecular formula is C45H38ClFN4O2. The standard InChI is InChI=1S/C45H38ClFN4O2/c1-4-52-37-27-33(43(47)42(28-37)53-31(2)3)30-50(36-25-23-32(29-48)24-26-36)44-49-40-21-13-14-22-41(40)51(44)45(34-15-7-5-8-16-34,35-17-9-6-10-18-35)38-19-11-12-20-39(38)46/h5-28,31H,4,30H2,1-3H3. The number of benzene rings is 6. The topological polar surface area (TPSA) is 63.3 Å². The molecule has 0 spiro atoms. The maximum Gasteiger partial charge on any atom is 0.212 e. The molecule has 0 amide bonds. The van der Waals surface area contributed by atoms with Crippen LogP contribution in [0.3, 0.4) is 0 Å². The van der Waals surface area contributed by atoms with Crippen LogP contribution in [0.4, 0.5) is 16.0 Å². The number of anilines is 2. The minimum absolute atomic E-state index is 0.0403. The van der Waals surface area contributed by atoms with Gasteiger partial charge in [-0.2, -0.15) is 5.26 Å². The number of ether oxygens (including phenoxy) is 2. The fourth-order valence-electron chi connectivity index (χ4n) is 6.99. The lowest BCUT2D eigenvalue weighted by molar-refractivity contribution is 0.228. The Hall–Kier alpha value is -6.10. The largest absolute Gasteiger partial charge is 0.494 e. The number of imidazole rings is 1. The first-order valence-corrected chi connectivity index (χ1v) is 18.0. The Kier molecular flexibility index (Phi) is 10.2. The second-order valence-electron chi connectivity index (χ2n) is 12.9. The molecule has 0 atom stereocenters. The predicted molar refractivity (Wildman–Crippen MR) is 210 cm³/mol. The van der Waals surface area contributed by atoms with Gasteiger partial charge in [-0.1, -0.05) is 103 Å². The van der Waals surface area contributed by atoms with E-state index in [4.69, 9.17) is 26.1 Å². The van der Waals surface area contributed by atoms with Gasteiger partial charge in [0.15, 0.2) is 11.6 Å². The third-order valence-electron chi connectivity index (χ3n) is 9.17. The summed E-state index contributed by atoms with van der Waals surface area (Å²) in [4.78, 5) is 7.33. The van der Waals surface area contributed by atoms with E-state index in [0.29, 0.717) is 40.1 Å². The van der Waals surface area contributed by atoms with Crippen molar-refractivity contribution in [2.45, 2.75) is 39.0 Å². The number of nitrogens with zero attached hydrogens (tertiary/aromatic N) is 4. The number of fused-ring (bicyclic) bond motifs is 1. The van der Waals surface area contributed by atoms with Crippen LogP contribution in [0, 0.1) is 17.1 Å². The highest BCUT2D eigenvalue weighted by Crippen LogP contribution is 2.48. The first-order valence-electron chi connectivity index (χ1n) is 17.6. The van der Waals surface area contributed by atoms with Crippen LogP contribution < -0.4 is 14.4 Å². The van der Waals surface area contributed by atoms with Crippen molar-refractivity contribution in [1.82, 2.24) is 9.55 Å². The van der Waals surface area contributed by atoms with Crippen molar-refractivity contribution in [3.05, 3.63) is 184 Å². The molecule has 0 fully saturated rings. The third kappa shape index (κ3) is 6.70. The predicted octanol–water partition coefficient (Wildman–Crippen LogP) is 11.1. The normalized spacial score (nSPS) is 11.4. The van der Waals surface area contributed by atoms with Gasteiger partial charge in [-0.05, 0) is 80.4 Å². The molecule has 0 unspecified atom stereocenters. The Balaban J connectivity index is 1.61. The lowest BCUT2D eigenvalue weighted by Crippen LogP contribution is -2.40. The van der Waals surface area contributed by atoms with Crippen LogP contribution in [0.25, 0.3) is 11.0 Å². The highest BCUT2D eigenvalue weighted by atomic mass is 35.5. The minimum Gasteiger partial charge on any atom is -0.494 e. The molecular weight excluding hydrogens is 683 g/mol. The number of rotatable bonds is 12. The van der Waals surface area contributed by atoms with Crippen LogP contribution >= 0.6 is 11.6 Å². The fourth-order valence-corrected chi connectivity index (χ4v) is 7.26. The van der Waals surface area contributed by atoms with Gasteiger partial charge in [0.1, 0.15) is 11.3 Å². The van der Waals surface area contributed by atoms with E-state index >= 15 is 4.39 Å². The van der Waals surface area contributed by atoms with E-state index in [9.17, 15) is 5.26 Å². The quantitative estimate of drug-likeness (QED) is 0.118. The highest BCUT2D eigenvalue weighted by Gasteiger charge is 2.43. The molecule has 1 heterocycles. The van der Waals surface area contributed by atoms with Gasteiger partial charge >= 0.3 is 0 Å². The van der Waals surface area contributed by atoms with E-state index in [1.165, 1.54) is 0 Å². The van der Waals surface area contributed by atoms with Crippen molar-refractivity contribution in [2.24, 2.45) is 0 Å². The molecule has 6 aromatic carbocycles. The van der Waals surface area contributed by atoms with Crippen LogP contribution in [0.2, 0.25) is 5.02 Å². The van der Waals surface area contributed by atoms with Crippen LogP contribution in [0.15, 0.2) is 146 Å². The van der Waals surface area contributed by atoms with Crippen molar-refractivity contribution >= 4 is 34.3 Å². The van der Waals surface area contributed by atoms with E-state index in [1.807, 2.05) is 123 Å². The Labute approximate surface area is 314 Å². The SMILES string of the molecule is CCOc1cc(CN(c2ccc(C#N)cc2)c2nc3ccccc3n2C(c2ccccc2)(c2ccccc2)c2ccccc2Cl)c(F)c(OC(C)C)c1. The van der Waals surface area contributed by atoms with Crippen LogP contribution in [0.5, 0.6) is 11.5 Å². The summed E-state index contributed by atoms with van der Waals surface area (Å²) < 4.78 is 30.8. The van der Waals surface area contributed by atoms with E-state index < -0.39 is 11.4 Å². The molecule has 0 saturated carbocycles. The van der Waals surface area contributed by atoms with Crippen LogP contribution in [-0.4, -0.2) is 22.3 Å². The monoisotopic (exact) mass is 720 g/mol. The summed E-state index contributed by atoms with van der Waals surface area (Å²) in [6, 6.07) is 49.1. The van der Waals surface area contributed by atoms with Crippen LogP contribution in [0.1, 0.15) is 48.6 Å². The fraction of sp³-hybridized carbons (Fsp3) is 0.156. The molecule has 0 aliphatic heterocycles. The summed E-state index contributed by atoms with van der Waals surface area (Å²) in [6.07, 6.45) is -0.263. The summed E-state index contributed by atoms with van der Waals surface area (Å²) in [5, 5.41) is 10.3. The third-order valence-corrected chi connectivity index (χ3v) is 9.49. The lowest BCUT2D eigenvalue weighted by atomic mass is 9.76. The van der Waals surface area contributed by atoms with Crippen molar-refractivity contribution in [3.63, 3.8) is 0 Å². The first kappa shape index (κ1) is 35.3. The summed E-state index contributed by atoms with van der Waals surface area (Å²) in [7, 11) is 0. The Morgan fingerprint density at radius 1 is 0.830 bits per heavy atom. The number of aromatic nitrogens is 2. The maximum atomic E-state index is 16.7. The van der Waals surface area contributed by atoms with E-state index in [1.54, 1.807) is 24.3 Å². The second-order valence-corrected chi connectivity index (χ2v) is 13.3. The minimum atomic E-state index is -1.07. The number of hydrogen-bond acceptors (Lipinski definition) is 5. The number of hydrogen-bond donors (Lipinski definition) is 0. The number of nitriles is 1. The van der Waals surface area contributed by atoms with Gasteiger partial charge in [0.2, 0.25) is 5.95 Å². The van der Waals surface area contributed by atoms with Crippen molar-refractivity contribution in [1.29, 1.82) is 5.26 Å². The molecule has 264 valence electrons. The van der Waals surface area contributed by atoms with Crippen LogP contribution in [-0.2, 0) is 12.1 Å². The van der Waals surface area contributed by atoms with Gasteiger partial charge in [-0.15, -0.1) is 0 Å². The summed E-state index contributed by atoms with van der Waals surface area (Å²) in [5.41, 5.74) is 4.76. The average Bonchev–Trinajstić information content (AvgIpc) is 3.57. The molecule has 0 radical (unpaired) electrons. The molecule has 1 aromatic heterocycles. The van der Waals surface area contributed by atoms with Gasteiger partial charge in [0, 0.05) is 27.9 Å². The summed E-state index contributed by atoms with van der Waals surface area (Å²) in [6.45, 7) is 6.05. The Bertz CT molecular complexity index is 2350. The number of para-hydroxylation sites is 2. The average molecular weight is 721 g/mol. The van der Waals surface area contributed by atoms with Crippen molar-refractivity contribution in [2.75, 3.05) is 11.5 Å². The van der Waals surface area contributed by atoms with Gasteiger partial charge in [-0.25, -0.2) is 9.37 Å². The molecule has 7 aromatic rings. The Morgan fingerprint density at radius 2 is 1.45 bits per heavy atom. The second kappa shape index (κ2) is 15.2. The molecule has 6 nitrogen and oxygen atoms in total. The lowest BCUT2D eigenvalue weighted by Gasteiger charge is -2.41. The van der Waals surface area contributed by atoms with Crippen molar-refractivity contribution < 1.29 is 13.9 Å². The zero-order valence-corrected chi connectivity index (χ0v) is 30.5. The van der Waals surface area contributed by atoms with E-state index in [0.717, 1.165) is 27.7 Å². The zero-order valence-electron chi connectivity index (χ0n) is 29.7. The highest BCUT2D eigenvalue weighted by molar-refractivity contribution is 6.31. The molecule has 0 N–H and O–H groups in total. The zero-order chi connectivity index (χ0) is 37.0. The van der Waals surface area contributed by atoms with Gasteiger partial charge < -0.3 is 14.4 Å². The van der Waals surface area contributed by atoms with E-state index in [-0.39, 0.29) is 18.4 Å². The van der Waals surface area contributed by atoms with Gasteiger partial charge in [-0.3, -0.25) is 4.57 Å². The molecule has 0 aliphatic carbocycles.